The van der Waals surface area contributed by atoms with Gasteiger partial charge in [-0.15, -0.1) is 0 Å². The van der Waals surface area contributed by atoms with E-state index in [1.165, 1.54) is 25.9 Å². The lowest BCUT2D eigenvalue weighted by Gasteiger charge is -2.46. The zero-order valence-corrected chi connectivity index (χ0v) is 12.2. The Balaban J connectivity index is 2.09. The highest BCUT2D eigenvalue weighted by atomic mass is 15.3. The Labute approximate surface area is 107 Å². The van der Waals surface area contributed by atoms with Crippen LogP contribution in [0.5, 0.6) is 0 Å². The van der Waals surface area contributed by atoms with Gasteiger partial charge >= 0.3 is 0 Å². The van der Waals surface area contributed by atoms with E-state index in [1.807, 2.05) is 0 Å². The van der Waals surface area contributed by atoms with Crippen LogP contribution in [0.4, 0.5) is 0 Å². The predicted molar refractivity (Wildman–Crippen MR) is 74.1 cm³/mol. The summed E-state index contributed by atoms with van der Waals surface area (Å²) in [6, 6.07) is 2.24. The molecule has 1 saturated heterocycles. The molecule has 0 aromatic rings. The Morgan fingerprint density at radius 2 is 1.82 bits per heavy atom. The highest BCUT2D eigenvalue weighted by Gasteiger charge is 2.39. The molecule has 1 N–H and O–H groups in total. The Morgan fingerprint density at radius 1 is 1.12 bits per heavy atom. The van der Waals surface area contributed by atoms with E-state index in [0.717, 1.165) is 29.8 Å². The van der Waals surface area contributed by atoms with Gasteiger partial charge in [0.2, 0.25) is 0 Å². The number of hydrogen-bond donors (Lipinski definition) is 1. The molecule has 5 unspecified atom stereocenters. The summed E-state index contributed by atoms with van der Waals surface area (Å²) in [7, 11) is 0. The van der Waals surface area contributed by atoms with Gasteiger partial charge in [-0.2, -0.15) is 0 Å². The van der Waals surface area contributed by atoms with Crippen molar-refractivity contribution in [2.45, 2.75) is 65.6 Å². The van der Waals surface area contributed by atoms with E-state index in [-0.39, 0.29) is 0 Å². The number of nitrogens with zero attached hydrogens (tertiary/aromatic N) is 1. The highest BCUT2D eigenvalue weighted by molar-refractivity contribution is 4.95. The van der Waals surface area contributed by atoms with E-state index in [4.69, 9.17) is 0 Å². The SMILES string of the molecule is CC1CN(C2CCC(C)C2C)C(C(C)C)CN1. The molecular formula is C15H30N2. The van der Waals surface area contributed by atoms with Gasteiger partial charge in [-0.3, -0.25) is 4.90 Å². The maximum Gasteiger partial charge on any atom is 0.0247 e. The molecule has 2 aliphatic rings. The second-order valence-corrected chi connectivity index (χ2v) is 6.80. The van der Waals surface area contributed by atoms with Gasteiger partial charge in [0.05, 0.1) is 0 Å². The normalized spacial score (nSPS) is 44.5. The molecule has 1 heterocycles. The number of nitrogens with one attached hydrogen (secondary N) is 1. The zero-order valence-electron chi connectivity index (χ0n) is 12.2. The Morgan fingerprint density at radius 3 is 2.35 bits per heavy atom. The van der Waals surface area contributed by atoms with Crippen molar-refractivity contribution < 1.29 is 0 Å². The van der Waals surface area contributed by atoms with E-state index in [9.17, 15) is 0 Å². The molecule has 2 fully saturated rings. The monoisotopic (exact) mass is 238 g/mol. The molecule has 0 bridgehead atoms. The van der Waals surface area contributed by atoms with Crippen LogP contribution < -0.4 is 5.32 Å². The standard InChI is InChI=1S/C15H30N2/c1-10(2)15-8-16-12(4)9-17(15)14-7-6-11(3)13(14)5/h10-16H,6-9H2,1-5H3. The lowest BCUT2D eigenvalue weighted by Crippen LogP contribution is -2.60. The van der Waals surface area contributed by atoms with Crippen molar-refractivity contribution in [2.24, 2.45) is 17.8 Å². The molecule has 2 nitrogen and oxygen atoms in total. The van der Waals surface area contributed by atoms with Gasteiger partial charge in [-0.1, -0.05) is 27.7 Å². The third kappa shape index (κ3) is 2.68. The summed E-state index contributed by atoms with van der Waals surface area (Å²) >= 11 is 0. The second kappa shape index (κ2) is 5.27. The summed E-state index contributed by atoms with van der Waals surface area (Å²) < 4.78 is 0. The molecular weight excluding hydrogens is 208 g/mol. The van der Waals surface area contributed by atoms with Crippen LogP contribution in [0.1, 0.15) is 47.5 Å². The van der Waals surface area contributed by atoms with Crippen LogP contribution >= 0.6 is 0 Å². The molecule has 17 heavy (non-hydrogen) atoms. The van der Waals surface area contributed by atoms with Gasteiger partial charge in [-0.05, 0) is 37.5 Å². The lowest BCUT2D eigenvalue weighted by molar-refractivity contribution is 0.0416. The quantitative estimate of drug-likeness (QED) is 0.796. The molecule has 5 atom stereocenters. The lowest BCUT2D eigenvalue weighted by atomic mass is 9.91. The molecule has 0 radical (unpaired) electrons. The Kier molecular flexibility index (Phi) is 4.14. The van der Waals surface area contributed by atoms with Crippen molar-refractivity contribution in [3.05, 3.63) is 0 Å². The summed E-state index contributed by atoms with van der Waals surface area (Å²) in [5, 5.41) is 3.65. The Hall–Kier alpha value is -0.0800. The van der Waals surface area contributed by atoms with Crippen LogP contribution in [-0.4, -0.2) is 36.1 Å². The van der Waals surface area contributed by atoms with Crippen molar-refractivity contribution in [1.29, 1.82) is 0 Å². The highest BCUT2D eigenvalue weighted by Crippen LogP contribution is 2.37. The van der Waals surface area contributed by atoms with Gasteiger partial charge in [0.25, 0.3) is 0 Å². The smallest absolute Gasteiger partial charge is 0.0247 e. The molecule has 0 spiro atoms. The maximum atomic E-state index is 3.65. The molecule has 1 aliphatic heterocycles. The van der Waals surface area contributed by atoms with Crippen molar-refractivity contribution in [3.63, 3.8) is 0 Å². The first-order valence-electron chi connectivity index (χ1n) is 7.49. The third-order valence-electron chi connectivity index (χ3n) is 5.20. The average Bonchev–Trinajstić information content (AvgIpc) is 2.59. The maximum absolute atomic E-state index is 3.65. The molecule has 2 rings (SSSR count). The first kappa shape index (κ1) is 13.4. The van der Waals surface area contributed by atoms with Crippen molar-refractivity contribution in [3.8, 4) is 0 Å². The summed E-state index contributed by atoms with van der Waals surface area (Å²) in [4.78, 5) is 2.83. The fourth-order valence-corrected chi connectivity index (χ4v) is 3.76. The topological polar surface area (TPSA) is 15.3 Å². The molecule has 0 amide bonds. The van der Waals surface area contributed by atoms with E-state index < -0.39 is 0 Å². The first-order valence-corrected chi connectivity index (χ1v) is 7.49. The van der Waals surface area contributed by atoms with Crippen molar-refractivity contribution in [2.75, 3.05) is 13.1 Å². The van der Waals surface area contributed by atoms with Gasteiger partial charge < -0.3 is 5.32 Å². The van der Waals surface area contributed by atoms with E-state index >= 15 is 0 Å². The van der Waals surface area contributed by atoms with Gasteiger partial charge in [0.15, 0.2) is 0 Å². The fourth-order valence-electron chi connectivity index (χ4n) is 3.76. The van der Waals surface area contributed by atoms with Crippen LogP contribution in [0, 0.1) is 17.8 Å². The number of hydrogen-bond acceptors (Lipinski definition) is 2. The van der Waals surface area contributed by atoms with E-state index in [2.05, 4.69) is 44.8 Å². The first-order chi connectivity index (χ1) is 8.00. The van der Waals surface area contributed by atoms with Crippen LogP contribution in [0.25, 0.3) is 0 Å². The average molecular weight is 238 g/mol. The Bertz CT molecular complexity index is 251. The molecule has 0 aromatic carbocycles. The number of rotatable bonds is 2. The van der Waals surface area contributed by atoms with E-state index in [1.54, 1.807) is 0 Å². The molecule has 0 aromatic heterocycles. The minimum Gasteiger partial charge on any atom is -0.311 e. The van der Waals surface area contributed by atoms with Crippen molar-refractivity contribution >= 4 is 0 Å². The van der Waals surface area contributed by atoms with Crippen LogP contribution in [-0.2, 0) is 0 Å². The minimum absolute atomic E-state index is 0.660. The fraction of sp³-hybridized carbons (Fsp3) is 1.00. The third-order valence-corrected chi connectivity index (χ3v) is 5.20. The minimum atomic E-state index is 0.660. The summed E-state index contributed by atoms with van der Waals surface area (Å²) in [6.45, 7) is 14.4. The predicted octanol–water partition coefficient (Wildman–Crippen LogP) is 2.74. The number of piperazine rings is 1. The van der Waals surface area contributed by atoms with Crippen LogP contribution in [0.3, 0.4) is 0 Å². The van der Waals surface area contributed by atoms with Gasteiger partial charge in [-0.25, -0.2) is 0 Å². The summed E-state index contributed by atoms with van der Waals surface area (Å²) in [6.07, 6.45) is 2.84. The van der Waals surface area contributed by atoms with Crippen LogP contribution in [0.2, 0.25) is 0 Å². The van der Waals surface area contributed by atoms with E-state index in [0.29, 0.717) is 6.04 Å². The second-order valence-electron chi connectivity index (χ2n) is 6.80. The van der Waals surface area contributed by atoms with Gasteiger partial charge in [0, 0.05) is 31.2 Å². The van der Waals surface area contributed by atoms with Crippen molar-refractivity contribution in [1.82, 2.24) is 10.2 Å². The molecule has 2 heteroatoms. The largest absolute Gasteiger partial charge is 0.311 e. The summed E-state index contributed by atoms with van der Waals surface area (Å²) in [5.41, 5.74) is 0. The molecule has 1 saturated carbocycles. The van der Waals surface area contributed by atoms with Gasteiger partial charge in [0.1, 0.15) is 0 Å². The molecule has 100 valence electrons. The zero-order chi connectivity index (χ0) is 12.6. The molecule has 1 aliphatic carbocycles. The summed E-state index contributed by atoms with van der Waals surface area (Å²) in [5.74, 6) is 2.55. The van der Waals surface area contributed by atoms with Crippen LogP contribution in [0.15, 0.2) is 0 Å².